The van der Waals surface area contributed by atoms with Crippen molar-refractivity contribution in [2.75, 3.05) is 16.8 Å². The Hall–Kier alpha value is -1.69. The maximum absolute atomic E-state index is 11.9. The first-order chi connectivity index (χ1) is 8.70. The molecule has 0 radical (unpaired) electrons. The Labute approximate surface area is 109 Å². The van der Waals surface area contributed by atoms with Crippen molar-refractivity contribution in [2.24, 2.45) is 16.8 Å². The monoisotopic (exact) mass is 265 g/mol. The van der Waals surface area contributed by atoms with Gasteiger partial charge in [-0.3, -0.25) is 4.79 Å². The van der Waals surface area contributed by atoms with Crippen molar-refractivity contribution in [3.05, 3.63) is 29.8 Å². The lowest BCUT2D eigenvalue weighted by molar-refractivity contribution is -0.119. The fourth-order valence-electron chi connectivity index (χ4n) is 1.80. The third-order valence-electron chi connectivity index (χ3n) is 2.83. The highest BCUT2D eigenvalue weighted by Gasteiger charge is 2.23. The second kappa shape index (κ2) is 5.77. The van der Waals surface area contributed by atoms with E-state index in [0.717, 1.165) is 17.9 Å². The van der Waals surface area contributed by atoms with Gasteiger partial charge in [-0.2, -0.15) is 11.8 Å². The number of amidine groups is 1. The normalized spacial score (nSPS) is 19.8. The molecule has 5 nitrogen and oxygen atoms in total. The molecule has 96 valence electrons. The SMILES string of the molecule is NC(=NO)c1cccc(NC(=O)C2CCSC2)c1. The van der Waals surface area contributed by atoms with Gasteiger partial charge in [-0.25, -0.2) is 0 Å². The van der Waals surface area contributed by atoms with E-state index in [1.54, 1.807) is 36.0 Å². The first kappa shape index (κ1) is 12.8. The Morgan fingerprint density at radius 3 is 3.06 bits per heavy atom. The zero-order chi connectivity index (χ0) is 13.0. The molecule has 1 aromatic carbocycles. The molecule has 1 aliphatic rings. The van der Waals surface area contributed by atoms with Crippen LogP contribution in [0, 0.1) is 5.92 Å². The van der Waals surface area contributed by atoms with E-state index < -0.39 is 0 Å². The molecule has 1 atom stereocenters. The number of benzene rings is 1. The van der Waals surface area contributed by atoms with Crippen LogP contribution >= 0.6 is 11.8 Å². The fourth-order valence-corrected chi connectivity index (χ4v) is 3.02. The van der Waals surface area contributed by atoms with E-state index in [-0.39, 0.29) is 17.7 Å². The van der Waals surface area contributed by atoms with Crippen molar-refractivity contribution >= 4 is 29.2 Å². The molecule has 1 aliphatic heterocycles. The van der Waals surface area contributed by atoms with E-state index >= 15 is 0 Å². The summed E-state index contributed by atoms with van der Waals surface area (Å²) in [6.07, 6.45) is 0.927. The highest BCUT2D eigenvalue weighted by atomic mass is 32.2. The van der Waals surface area contributed by atoms with Gasteiger partial charge in [-0.1, -0.05) is 17.3 Å². The van der Waals surface area contributed by atoms with Gasteiger partial charge in [-0.05, 0) is 24.3 Å². The third kappa shape index (κ3) is 2.95. The van der Waals surface area contributed by atoms with Crippen molar-refractivity contribution in [3.63, 3.8) is 0 Å². The minimum atomic E-state index is 0.0301. The molecule has 1 saturated heterocycles. The lowest BCUT2D eigenvalue weighted by atomic mass is 10.1. The lowest BCUT2D eigenvalue weighted by Crippen LogP contribution is -2.22. The average Bonchev–Trinajstić information content (AvgIpc) is 2.92. The van der Waals surface area contributed by atoms with Gasteiger partial charge in [0.25, 0.3) is 0 Å². The molecule has 1 unspecified atom stereocenters. The van der Waals surface area contributed by atoms with Gasteiger partial charge in [0.2, 0.25) is 5.91 Å². The Morgan fingerprint density at radius 2 is 2.39 bits per heavy atom. The van der Waals surface area contributed by atoms with Crippen molar-refractivity contribution in [1.82, 2.24) is 0 Å². The first-order valence-electron chi connectivity index (χ1n) is 5.67. The predicted molar refractivity (Wildman–Crippen MR) is 73.0 cm³/mol. The predicted octanol–water partition coefficient (Wildman–Crippen LogP) is 1.47. The summed E-state index contributed by atoms with van der Waals surface area (Å²) in [6.45, 7) is 0. The van der Waals surface area contributed by atoms with Crippen LogP contribution in [0.3, 0.4) is 0 Å². The zero-order valence-electron chi connectivity index (χ0n) is 9.80. The summed E-state index contributed by atoms with van der Waals surface area (Å²) in [5, 5.41) is 14.4. The molecule has 1 amide bonds. The number of carbonyl (C=O) groups excluding carboxylic acids is 1. The molecule has 0 saturated carbocycles. The van der Waals surface area contributed by atoms with Crippen molar-refractivity contribution in [2.45, 2.75) is 6.42 Å². The zero-order valence-corrected chi connectivity index (χ0v) is 10.6. The van der Waals surface area contributed by atoms with E-state index in [1.165, 1.54) is 0 Å². The molecule has 0 bridgehead atoms. The van der Waals surface area contributed by atoms with E-state index in [2.05, 4.69) is 10.5 Å². The third-order valence-corrected chi connectivity index (χ3v) is 4.00. The molecule has 18 heavy (non-hydrogen) atoms. The van der Waals surface area contributed by atoms with Gasteiger partial charge in [0.05, 0.1) is 0 Å². The standard InChI is InChI=1S/C12H15N3O2S/c13-11(15-17)8-2-1-3-10(6-8)14-12(16)9-4-5-18-7-9/h1-3,6,9,17H,4-5,7H2,(H2,13,15)(H,14,16). The number of nitrogens with zero attached hydrogens (tertiary/aromatic N) is 1. The van der Waals surface area contributed by atoms with Crippen LogP contribution in [0.2, 0.25) is 0 Å². The van der Waals surface area contributed by atoms with Gasteiger partial charge in [0.15, 0.2) is 5.84 Å². The molecular formula is C12H15N3O2S. The van der Waals surface area contributed by atoms with Crippen molar-refractivity contribution < 1.29 is 10.0 Å². The van der Waals surface area contributed by atoms with Gasteiger partial charge >= 0.3 is 0 Å². The number of thioether (sulfide) groups is 1. The topological polar surface area (TPSA) is 87.7 Å². The Morgan fingerprint density at radius 1 is 1.56 bits per heavy atom. The highest BCUT2D eigenvalue weighted by molar-refractivity contribution is 7.99. The van der Waals surface area contributed by atoms with Gasteiger partial charge < -0.3 is 16.3 Å². The van der Waals surface area contributed by atoms with Crippen molar-refractivity contribution in [3.8, 4) is 0 Å². The quantitative estimate of drug-likeness (QED) is 0.334. The number of nitrogens with one attached hydrogen (secondary N) is 1. The van der Waals surface area contributed by atoms with Crippen LogP contribution in [-0.4, -0.2) is 28.5 Å². The Balaban J connectivity index is 2.07. The van der Waals surface area contributed by atoms with E-state index in [0.29, 0.717) is 11.3 Å². The maximum Gasteiger partial charge on any atom is 0.228 e. The number of anilines is 1. The van der Waals surface area contributed by atoms with E-state index in [9.17, 15) is 4.79 Å². The molecule has 4 N–H and O–H groups in total. The van der Waals surface area contributed by atoms with Crippen LogP contribution in [0.1, 0.15) is 12.0 Å². The number of nitrogens with two attached hydrogens (primary N) is 1. The molecule has 0 spiro atoms. The second-order valence-electron chi connectivity index (χ2n) is 4.12. The van der Waals surface area contributed by atoms with E-state index in [1.807, 2.05) is 0 Å². The van der Waals surface area contributed by atoms with Crippen LogP contribution in [0.5, 0.6) is 0 Å². The average molecular weight is 265 g/mol. The minimum absolute atomic E-state index is 0.0301. The molecule has 1 heterocycles. The summed E-state index contributed by atoms with van der Waals surface area (Å²) >= 11 is 1.80. The first-order valence-corrected chi connectivity index (χ1v) is 6.82. The summed E-state index contributed by atoms with van der Waals surface area (Å²) in [5.41, 5.74) is 6.75. The highest BCUT2D eigenvalue weighted by Crippen LogP contribution is 2.24. The van der Waals surface area contributed by atoms with Crippen molar-refractivity contribution in [1.29, 1.82) is 0 Å². The van der Waals surface area contributed by atoms with Gasteiger partial charge in [-0.15, -0.1) is 0 Å². The minimum Gasteiger partial charge on any atom is -0.409 e. The van der Waals surface area contributed by atoms with Crippen LogP contribution < -0.4 is 11.1 Å². The Bertz CT molecular complexity index is 470. The summed E-state index contributed by atoms with van der Waals surface area (Å²) in [6, 6.07) is 6.95. The number of oxime groups is 1. The number of rotatable bonds is 3. The van der Waals surface area contributed by atoms with Crippen LogP contribution in [0.25, 0.3) is 0 Å². The van der Waals surface area contributed by atoms with Gasteiger partial charge in [0, 0.05) is 22.9 Å². The molecule has 1 aromatic rings. The lowest BCUT2D eigenvalue weighted by Gasteiger charge is -2.10. The molecular weight excluding hydrogens is 250 g/mol. The second-order valence-corrected chi connectivity index (χ2v) is 5.27. The molecule has 1 fully saturated rings. The molecule has 6 heteroatoms. The Kier molecular flexibility index (Phi) is 4.09. The van der Waals surface area contributed by atoms with Crippen LogP contribution in [-0.2, 0) is 4.79 Å². The summed E-state index contributed by atoms with van der Waals surface area (Å²) in [7, 11) is 0. The number of carbonyl (C=O) groups is 1. The molecule has 2 rings (SSSR count). The summed E-state index contributed by atoms with van der Waals surface area (Å²) in [5.74, 6) is 2.08. The molecule has 0 aliphatic carbocycles. The van der Waals surface area contributed by atoms with Crippen LogP contribution in [0.15, 0.2) is 29.4 Å². The smallest absolute Gasteiger partial charge is 0.228 e. The summed E-state index contributed by atoms with van der Waals surface area (Å²) < 4.78 is 0. The van der Waals surface area contributed by atoms with Crippen LogP contribution in [0.4, 0.5) is 5.69 Å². The number of hydrogen-bond acceptors (Lipinski definition) is 4. The summed E-state index contributed by atoms with van der Waals surface area (Å²) in [4.78, 5) is 11.9. The number of hydrogen-bond donors (Lipinski definition) is 3. The maximum atomic E-state index is 11.9. The fraction of sp³-hybridized carbons (Fsp3) is 0.333. The molecule has 0 aromatic heterocycles. The number of amides is 1. The van der Waals surface area contributed by atoms with E-state index in [4.69, 9.17) is 10.9 Å². The van der Waals surface area contributed by atoms with Gasteiger partial charge in [0.1, 0.15) is 0 Å². The largest absolute Gasteiger partial charge is 0.409 e.